The summed E-state index contributed by atoms with van der Waals surface area (Å²) in [5, 5.41) is 0. The van der Waals surface area contributed by atoms with Crippen molar-refractivity contribution < 1.29 is 19.1 Å². The van der Waals surface area contributed by atoms with Crippen molar-refractivity contribution in [1.29, 1.82) is 0 Å². The van der Waals surface area contributed by atoms with Gasteiger partial charge in [0.05, 0.1) is 0 Å². The first kappa shape index (κ1) is 25.0. The first-order valence-corrected chi connectivity index (χ1v) is 12.4. The Labute approximate surface area is 200 Å². The van der Waals surface area contributed by atoms with Crippen LogP contribution in [0.15, 0.2) is 41.3 Å². The molecule has 0 unspecified atom stereocenters. The van der Waals surface area contributed by atoms with E-state index >= 15 is 0 Å². The molecule has 1 heterocycles. The van der Waals surface area contributed by atoms with Gasteiger partial charge in [0.1, 0.15) is 5.75 Å². The molecule has 1 aliphatic rings. The van der Waals surface area contributed by atoms with Crippen LogP contribution in [-0.2, 0) is 9.59 Å². The molecular formula is C27H33NO4S. The van der Waals surface area contributed by atoms with Crippen molar-refractivity contribution in [1.82, 2.24) is 4.90 Å². The lowest BCUT2D eigenvalue weighted by atomic mass is 9.82. The molecule has 5 nitrogen and oxygen atoms in total. The van der Waals surface area contributed by atoms with E-state index in [2.05, 4.69) is 0 Å². The van der Waals surface area contributed by atoms with E-state index in [0.717, 1.165) is 21.6 Å². The number of ether oxygens (including phenoxy) is 1. The Kier molecular flexibility index (Phi) is 7.37. The molecule has 33 heavy (non-hydrogen) atoms. The second kappa shape index (κ2) is 9.72. The van der Waals surface area contributed by atoms with Crippen LogP contribution < -0.4 is 4.74 Å². The zero-order valence-corrected chi connectivity index (χ0v) is 21.3. The van der Waals surface area contributed by atoms with E-state index in [1.807, 2.05) is 56.5 Å². The minimum Gasteiger partial charge on any atom is -0.480 e. The van der Waals surface area contributed by atoms with Gasteiger partial charge in [-0.25, -0.2) is 0 Å². The molecule has 0 N–H and O–H groups in total. The fourth-order valence-electron chi connectivity index (χ4n) is 4.32. The van der Waals surface area contributed by atoms with Crippen LogP contribution >= 0.6 is 11.8 Å². The van der Waals surface area contributed by atoms with Gasteiger partial charge in [0.2, 0.25) is 5.91 Å². The number of thioether (sulfide) groups is 1. The third-order valence-electron chi connectivity index (χ3n) is 6.59. The van der Waals surface area contributed by atoms with Crippen LogP contribution in [0.1, 0.15) is 60.7 Å². The number of Topliss-reactive ketones (excluding diaryl/α,β-unsaturated/α-hetero) is 2. The molecule has 0 bridgehead atoms. The Hall–Kier alpha value is -2.60. The number of nitrogens with zero attached hydrogens (tertiary/aromatic N) is 1. The van der Waals surface area contributed by atoms with Crippen molar-refractivity contribution >= 4 is 29.2 Å². The van der Waals surface area contributed by atoms with Crippen molar-refractivity contribution in [3.63, 3.8) is 0 Å². The maximum absolute atomic E-state index is 13.5. The van der Waals surface area contributed by atoms with Crippen molar-refractivity contribution in [2.45, 2.75) is 58.0 Å². The molecule has 3 rings (SSSR count). The molecule has 2 atom stereocenters. The van der Waals surface area contributed by atoms with Gasteiger partial charge in [-0.1, -0.05) is 24.3 Å². The van der Waals surface area contributed by atoms with Gasteiger partial charge in [-0.3, -0.25) is 14.4 Å². The van der Waals surface area contributed by atoms with Crippen LogP contribution in [0, 0.1) is 19.8 Å². The standard InChI is InChI=1S/C27H33NO4S/c1-16-12-21(13-17(2)26(16)32-27(5,6)18(3)29)23-14-28(19(4)30)15-24(23)25(31)20-8-10-22(33-7)11-9-20/h8-13,23-24H,14-15H2,1-7H3/t23-,24+/m0/s1. The second-order valence-corrected chi connectivity index (χ2v) is 10.3. The Bertz CT molecular complexity index is 1050. The lowest BCUT2D eigenvalue weighted by molar-refractivity contribution is -0.129. The Morgan fingerprint density at radius 1 is 1.00 bits per heavy atom. The number of likely N-dealkylation sites (tertiary alicyclic amines) is 1. The zero-order chi connectivity index (χ0) is 24.5. The quantitative estimate of drug-likeness (QED) is 0.413. The van der Waals surface area contributed by atoms with Gasteiger partial charge in [-0.15, -0.1) is 11.8 Å². The van der Waals surface area contributed by atoms with E-state index in [4.69, 9.17) is 4.74 Å². The van der Waals surface area contributed by atoms with Crippen molar-refractivity contribution in [2.75, 3.05) is 19.3 Å². The molecule has 0 aliphatic carbocycles. The Morgan fingerprint density at radius 3 is 2.06 bits per heavy atom. The molecule has 1 amide bonds. The first-order chi connectivity index (χ1) is 15.4. The second-order valence-electron chi connectivity index (χ2n) is 9.38. The van der Waals surface area contributed by atoms with E-state index < -0.39 is 5.60 Å². The molecule has 6 heteroatoms. The van der Waals surface area contributed by atoms with Crippen LogP contribution in [0.5, 0.6) is 5.75 Å². The Morgan fingerprint density at radius 2 is 1.58 bits per heavy atom. The molecule has 1 saturated heterocycles. The number of ketones is 2. The van der Waals surface area contributed by atoms with Gasteiger partial charge in [0.15, 0.2) is 17.2 Å². The van der Waals surface area contributed by atoms with Crippen LogP contribution in [0.25, 0.3) is 0 Å². The highest BCUT2D eigenvalue weighted by Gasteiger charge is 2.40. The van der Waals surface area contributed by atoms with Crippen LogP contribution in [0.2, 0.25) is 0 Å². The number of benzene rings is 2. The molecule has 0 saturated carbocycles. The summed E-state index contributed by atoms with van der Waals surface area (Å²) in [5.74, 6) is 0.267. The summed E-state index contributed by atoms with van der Waals surface area (Å²) >= 11 is 1.64. The van der Waals surface area contributed by atoms with Crippen molar-refractivity contribution in [2.24, 2.45) is 5.92 Å². The highest BCUT2D eigenvalue weighted by molar-refractivity contribution is 7.98. The topological polar surface area (TPSA) is 63.7 Å². The number of carbonyl (C=O) groups is 3. The van der Waals surface area contributed by atoms with Gasteiger partial charge >= 0.3 is 0 Å². The summed E-state index contributed by atoms with van der Waals surface area (Å²) in [7, 11) is 0. The van der Waals surface area contributed by atoms with E-state index in [-0.39, 0.29) is 29.3 Å². The number of carbonyl (C=O) groups excluding carboxylic acids is 3. The first-order valence-electron chi connectivity index (χ1n) is 11.2. The molecule has 176 valence electrons. The lowest BCUT2D eigenvalue weighted by Gasteiger charge is -2.27. The van der Waals surface area contributed by atoms with Gasteiger partial charge in [-0.05, 0) is 69.7 Å². The predicted molar refractivity (Wildman–Crippen MR) is 132 cm³/mol. The fraction of sp³-hybridized carbons (Fsp3) is 0.444. The number of hydrogen-bond acceptors (Lipinski definition) is 5. The fourth-order valence-corrected chi connectivity index (χ4v) is 4.73. The summed E-state index contributed by atoms with van der Waals surface area (Å²) in [6.07, 6.45) is 2.00. The smallest absolute Gasteiger partial charge is 0.219 e. The minimum absolute atomic E-state index is 0.0235. The number of rotatable bonds is 7. The van der Waals surface area contributed by atoms with E-state index in [9.17, 15) is 14.4 Å². The van der Waals surface area contributed by atoms with E-state index in [1.54, 1.807) is 37.4 Å². The van der Waals surface area contributed by atoms with Crippen LogP contribution in [0.3, 0.4) is 0 Å². The predicted octanol–water partition coefficient (Wildman–Crippen LogP) is 5.22. The van der Waals surface area contributed by atoms with Gasteiger partial charge in [0.25, 0.3) is 0 Å². The molecule has 0 radical (unpaired) electrons. The molecule has 2 aromatic carbocycles. The third kappa shape index (κ3) is 5.32. The van der Waals surface area contributed by atoms with Crippen molar-refractivity contribution in [3.8, 4) is 5.75 Å². The maximum atomic E-state index is 13.5. The molecule has 0 spiro atoms. The SMILES string of the molecule is CSc1ccc(C(=O)[C@@H]2CN(C(C)=O)C[C@H]2c2cc(C)c(OC(C)(C)C(C)=O)c(C)c2)cc1. The largest absolute Gasteiger partial charge is 0.480 e. The normalized spacial score (nSPS) is 18.3. The average Bonchev–Trinajstić information content (AvgIpc) is 3.21. The monoisotopic (exact) mass is 467 g/mol. The number of aryl methyl sites for hydroxylation is 2. The summed E-state index contributed by atoms with van der Waals surface area (Å²) in [5.41, 5.74) is 2.59. The van der Waals surface area contributed by atoms with Gasteiger partial charge in [0, 0.05) is 42.3 Å². The van der Waals surface area contributed by atoms with E-state index in [0.29, 0.717) is 24.4 Å². The molecule has 1 fully saturated rings. The zero-order valence-electron chi connectivity index (χ0n) is 20.5. The van der Waals surface area contributed by atoms with E-state index in [1.165, 1.54) is 6.92 Å². The highest BCUT2D eigenvalue weighted by Crippen LogP contribution is 2.39. The lowest BCUT2D eigenvalue weighted by Crippen LogP contribution is -2.36. The number of hydrogen-bond donors (Lipinski definition) is 0. The van der Waals surface area contributed by atoms with Crippen LogP contribution in [0.4, 0.5) is 0 Å². The summed E-state index contributed by atoms with van der Waals surface area (Å²) in [4.78, 5) is 40.5. The molecular weight excluding hydrogens is 434 g/mol. The molecule has 1 aliphatic heterocycles. The van der Waals surface area contributed by atoms with Gasteiger partial charge in [-0.2, -0.15) is 0 Å². The summed E-state index contributed by atoms with van der Waals surface area (Å²) < 4.78 is 6.08. The molecule has 0 aromatic heterocycles. The average molecular weight is 468 g/mol. The number of amides is 1. The summed E-state index contributed by atoms with van der Waals surface area (Å²) in [6, 6.07) is 11.7. The van der Waals surface area contributed by atoms with Crippen LogP contribution in [-0.4, -0.2) is 47.3 Å². The highest BCUT2D eigenvalue weighted by atomic mass is 32.2. The minimum atomic E-state index is -0.919. The Balaban J connectivity index is 1.96. The van der Waals surface area contributed by atoms with Crippen molar-refractivity contribution in [3.05, 3.63) is 58.7 Å². The molecule has 2 aromatic rings. The van der Waals surface area contributed by atoms with Gasteiger partial charge < -0.3 is 9.64 Å². The third-order valence-corrected chi connectivity index (χ3v) is 7.34. The maximum Gasteiger partial charge on any atom is 0.219 e. The summed E-state index contributed by atoms with van der Waals surface area (Å²) in [6.45, 7) is 11.4.